The molecule has 2 aromatic carbocycles. The molecule has 8 aliphatic carbocycles. The van der Waals surface area contributed by atoms with Crippen LogP contribution in [0.1, 0.15) is 114 Å². The van der Waals surface area contributed by atoms with E-state index in [9.17, 15) is 41.8 Å². The number of aliphatic hydroxyl groups is 1. The van der Waals surface area contributed by atoms with Crippen LogP contribution in [0.4, 0.5) is 17.6 Å². The lowest BCUT2D eigenvalue weighted by atomic mass is 9.49. The number of alkyl halides is 4. The summed E-state index contributed by atoms with van der Waals surface area (Å²) < 4.78 is 70.8. The highest BCUT2D eigenvalue weighted by Gasteiger charge is 2.59. The average Bonchev–Trinajstić information content (AvgIpc) is 3.17. The molecule has 1 N–H and O–H groups in total. The molecule has 0 aliphatic heterocycles. The van der Waals surface area contributed by atoms with Gasteiger partial charge >= 0.3 is 29.8 Å². The maximum Gasteiger partial charge on any atom is 0.382 e. The Morgan fingerprint density at radius 3 is 1.35 bits per heavy atom. The Hall–Kier alpha value is -3.51. The monoisotopic (exact) mass is 820 g/mol. The van der Waals surface area contributed by atoms with Crippen molar-refractivity contribution in [1.29, 1.82) is 0 Å². The molecule has 57 heavy (non-hydrogen) atoms. The number of carbonyl (C=O) groups excluding carboxylic acids is 4. The average molecular weight is 821 g/mol. The van der Waals surface area contributed by atoms with E-state index in [0.717, 1.165) is 56.3 Å². The highest BCUT2D eigenvalue weighted by molar-refractivity contribution is 6.64. The molecule has 0 heterocycles. The Balaban J connectivity index is 0.000000159. The Morgan fingerprint density at radius 2 is 0.982 bits per heavy atom. The van der Waals surface area contributed by atoms with Crippen LogP contribution in [-0.2, 0) is 33.4 Å². The third kappa shape index (κ3) is 9.22. The van der Waals surface area contributed by atoms with Gasteiger partial charge in [-0.05, 0) is 149 Å². The fourth-order valence-electron chi connectivity index (χ4n) is 11.4. The van der Waals surface area contributed by atoms with E-state index in [0.29, 0.717) is 37.0 Å². The van der Waals surface area contributed by atoms with Gasteiger partial charge in [0.05, 0.1) is 18.6 Å². The van der Waals surface area contributed by atoms with Gasteiger partial charge in [-0.1, -0.05) is 60.7 Å². The summed E-state index contributed by atoms with van der Waals surface area (Å²) in [6.07, 6.45) is 8.80. The summed E-state index contributed by atoms with van der Waals surface area (Å²) in [5.74, 6) is -7.90. The molecule has 0 spiro atoms. The van der Waals surface area contributed by atoms with Crippen LogP contribution >= 0.6 is 11.6 Å². The van der Waals surface area contributed by atoms with Crippen molar-refractivity contribution in [3.05, 3.63) is 71.8 Å². The second kappa shape index (κ2) is 17.4. The predicted molar refractivity (Wildman–Crippen MR) is 202 cm³/mol. The maximum atomic E-state index is 14.9. The van der Waals surface area contributed by atoms with Crippen molar-refractivity contribution < 1.29 is 56.1 Å². The molecule has 8 fully saturated rings. The SMILES string of the molecule is CCOC(=O)C(F)(F)C(O)c1ccccc1.CCOC(=O)C(F)(F)C(OC(=O)C12CC3CC(CC(C3)C1)C2)c1ccccc1.O=C(Cl)C12CC3CC(CC(C3)C1)C2. The molecule has 13 heteroatoms. The molecule has 10 rings (SSSR count). The van der Waals surface area contributed by atoms with Gasteiger partial charge < -0.3 is 19.3 Å². The standard InChI is InChI=1S/C22H26F2O4.C11H15ClO.C11H12F2O3/c1-2-27-20(26)22(23,24)18(17-6-4-3-5-7-17)28-19(25)21-11-14-8-15(12-21)10-16(9-14)13-21;12-10(13)11-4-7-1-8(5-11)3-9(2-7)6-11;1-2-16-10(15)11(12,13)9(14)8-6-4-3-5-7-8/h3-7,14-16,18H,2,8-13H2,1H3;7-9H,1-6H2;3-7,9,14H,2H2,1H3. The molecule has 8 aliphatic rings. The lowest BCUT2D eigenvalue weighted by molar-refractivity contribution is -0.209. The predicted octanol–water partition coefficient (Wildman–Crippen LogP) is 9.57. The third-order valence-electron chi connectivity index (χ3n) is 13.1. The zero-order valence-corrected chi connectivity index (χ0v) is 33.2. The Morgan fingerprint density at radius 1 is 0.632 bits per heavy atom. The molecule has 8 bridgehead atoms. The summed E-state index contributed by atoms with van der Waals surface area (Å²) in [6, 6.07) is 15.0. The van der Waals surface area contributed by atoms with Crippen LogP contribution in [0.3, 0.4) is 0 Å². The van der Waals surface area contributed by atoms with Gasteiger partial charge in [-0.25, -0.2) is 9.59 Å². The number of aliphatic hydroxyl groups excluding tert-OH is 1. The smallest absolute Gasteiger partial charge is 0.382 e. The number of rotatable bonds is 11. The van der Waals surface area contributed by atoms with Crippen LogP contribution in [0.15, 0.2) is 60.7 Å². The van der Waals surface area contributed by atoms with Crippen LogP contribution in [0.25, 0.3) is 0 Å². The summed E-state index contributed by atoms with van der Waals surface area (Å²) >= 11 is 5.76. The van der Waals surface area contributed by atoms with E-state index < -0.39 is 47.4 Å². The molecule has 2 unspecified atom stereocenters. The van der Waals surface area contributed by atoms with Crippen molar-refractivity contribution in [3.63, 3.8) is 0 Å². The number of hydrogen-bond acceptors (Lipinski definition) is 8. The van der Waals surface area contributed by atoms with Crippen molar-refractivity contribution in [2.75, 3.05) is 13.2 Å². The molecule has 0 radical (unpaired) electrons. The van der Waals surface area contributed by atoms with E-state index in [1.807, 2.05) is 0 Å². The summed E-state index contributed by atoms with van der Waals surface area (Å²) in [6.45, 7) is 2.56. The Bertz CT molecular complexity index is 1670. The van der Waals surface area contributed by atoms with E-state index in [1.54, 1.807) is 24.3 Å². The van der Waals surface area contributed by atoms with Crippen molar-refractivity contribution in [2.45, 2.75) is 115 Å². The molecule has 0 amide bonds. The number of ether oxygens (including phenoxy) is 3. The van der Waals surface area contributed by atoms with Gasteiger partial charge in [0.15, 0.2) is 6.10 Å². The van der Waals surface area contributed by atoms with Gasteiger partial charge in [0.25, 0.3) is 0 Å². The molecule has 8 saturated carbocycles. The molecule has 2 aromatic rings. The van der Waals surface area contributed by atoms with Gasteiger partial charge in [0.2, 0.25) is 11.3 Å². The molecule has 2 atom stereocenters. The summed E-state index contributed by atoms with van der Waals surface area (Å²) in [5, 5.41) is 9.36. The van der Waals surface area contributed by atoms with Gasteiger partial charge in [-0.3, -0.25) is 9.59 Å². The number of benzene rings is 2. The van der Waals surface area contributed by atoms with Crippen molar-refractivity contribution in [3.8, 4) is 0 Å². The Kier molecular flexibility index (Phi) is 13.1. The lowest BCUT2D eigenvalue weighted by Gasteiger charge is -2.55. The number of esters is 3. The Labute approximate surface area is 336 Å². The second-order valence-corrected chi connectivity index (χ2v) is 17.7. The lowest BCUT2D eigenvalue weighted by Crippen LogP contribution is -2.51. The maximum absolute atomic E-state index is 14.9. The van der Waals surface area contributed by atoms with Crippen LogP contribution in [0, 0.1) is 46.3 Å². The largest absolute Gasteiger partial charge is 0.461 e. The minimum absolute atomic E-state index is 0.0273. The first-order valence-corrected chi connectivity index (χ1v) is 20.7. The molecule has 8 nitrogen and oxygen atoms in total. The minimum Gasteiger partial charge on any atom is -0.461 e. The van der Waals surface area contributed by atoms with Gasteiger partial charge in [0.1, 0.15) is 0 Å². The molecule has 312 valence electrons. The zero-order chi connectivity index (χ0) is 41.2. The summed E-state index contributed by atoms with van der Waals surface area (Å²) in [5.41, 5.74) is -0.679. The van der Waals surface area contributed by atoms with E-state index in [1.165, 1.54) is 69.5 Å². The summed E-state index contributed by atoms with van der Waals surface area (Å²) in [7, 11) is 0. The molecular weight excluding hydrogens is 768 g/mol. The van der Waals surface area contributed by atoms with E-state index in [2.05, 4.69) is 9.47 Å². The molecular formula is C44H53ClF4O8. The fraction of sp³-hybridized carbons (Fsp3) is 0.636. The van der Waals surface area contributed by atoms with E-state index >= 15 is 0 Å². The normalized spacial score (nSPS) is 31.4. The zero-order valence-electron chi connectivity index (χ0n) is 32.5. The van der Waals surface area contributed by atoms with Crippen molar-refractivity contribution >= 4 is 34.8 Å². The van der Waals surface area contributed by atoms with Gasteiger partial charge in [-0.2, -0.15) is 17.6 Å². The van der Waals surface area contributed by atoms with Crippen LogP contribution < -0.4 is 0 Å². The second-order valence-electron chi connectivity index (χ2n) is 17.4. The first-order chi connectivity index (χ1) is 27.0. The van der Waals surface area contributed by atoms with Crippen LogP contribution in [0.5, 0.6) is 0 Å². The van der Waals surface area contributed by atoms with E-state index in [-0.39, 0.29) is 35.0 Å². The highest BCUT2D eigenvalue weighted by atomic mass is 35.5. The van der Waals surface area contributed by atoms with Crippen molar-refractivity contribution in [2.24, 2.45) is 46.3 Å². The number of carbonyl (C=O) groups is 4. The minimum atomic E-state index is -3.95. The van der Waals surface area contributed by atoms with Crippen LogP contribution in [0.2, 0.25) is 0 Å². The highest BCUT2D eigenvalue weighted by Crippen LogP contribution is 2.62. The summed E-state index contributed by atoms with van der Waals surface area (Å²) in [4.78, 5) is 47.6. The number of halogens is 5. The first kappa shape index (κ1) is 43.1. The van der Waals surface area contributed by atoms with E-state index in [4.69, 9.17) is 16.3 Å². The van der Waals surface area contributed by atoms with Crippen molar-refractivity contribution in [1.82, 2.24) is 0 Å². The number of hydrogen-bond donors (Lipinski definition) is 1. The van der Waals surface area contributed by atoms with Crippen LogP contribution in [-0.4, -0.2) is 53.3 Å². The molecule has 0 aromatic heterocycles. The fourth-order valence-corrected chi connectivity index (χ4v) is 11.7. The first-order valence-electron chi connectivity index (χ1n) is 20.3. The van der Waals surface area contributed by atoms with Gasteiger partial charge in [0, 0.05) is 5.41 Å². The quantitative estimate of drug-likeness (QED) is 0.103. The topological polar surface area (TPSA) is 116 Å². The third-order valence-corrected chi connectivity index (χ3v) is 13.5. The molecule has 0 saturated heterocycles. The van der Waals surface area contributed by atoms with Gasteiger partial charge in [-0.15, -0.1) is 0 Å².